The lowest BCUT2D eigenvalue weighted by molar-refractivity contribution is -0.384. The molecule has 0 radical (unpaired) electrons. The van der Waals surface area contributed by atoms with Gasteiger partial charge in [0.25, 0.3) is 5.69 Å². The van der Waals surface area contributed by atoms with Crippen LogP contribution < -0.4 is 11.6 Å². The van der Waals surface area contributed by atoms with E-state index in [2.05, 4.69) is 10.1 Å². The van der Waals surface area contributed by atoms with Gasteiger partial charge in [0.05, 0.1) is 16.2 Å². The highest BCUT2D eigenvalue weighted by atomic mass is 19.4. The van der Waals surface area contributed by atoms with Crippen LogP contribution in [0.4, 0.5) is 18.9 Å². The zero-order chi connectivity index (χ0) is 22.8. The number of alkyl halides is 3. The molecule has 0 unspecified atom stereocenters. The van der Waals surface area contributed by atoms with Crippen molar-refractivity contribution in [3.8, 4) is 0 Å². The molecule has 0 saturated heterocycles. The first-order valence-corrected chi connectivity index (χ1v) is 8.84. The van der Waals surface area contributed by atoms with E-state index in [9.17, 15) is 28.1 Å². The average molecular weight is 431 g/mol. The number of nitrogens with zero attached hydrogens (tertiary/aromatic N) is 3. The minimum Gasteiger partial charge on any atom is -0.369 e. The number of benzene rings is 2. The highest BCUT2D eigenvalue weighted by Crippen LogP contribution is 2.46. The van der Waals surface area contributed by atoms with Crippen molar-refractivity contribution in [1.82, 2.24) is 4.98 Å². The Labute approximate surface area is 173 Å². The SMILES string of the molecule is NN=C(C[C@](C(N)=O)(c1cccc2ncccc12)C(F)(F)F)c1ccc([N+](=O)[O-])cc1. The van der Waals surface area contributed by atoms with Gasteiger partial charge in [0, 0.05) is 30.1 Å². The van der Waals surface area contributed by atoms with Gasteiger partial charge >= 0.3 is 6.18 Å². The number of non-ortho nitro benzene ring substituents is 1. The third-order valence-corrected chi connectivity index (χ3v) is 5.01. The smallest absolute Gasteiger partial charge is 0.369 e. The number of hydrazone groups is 1. The monoisotopic (exact) mass is 431 g/mol. The van der Waals surface area contributed by atoms with Gasteiger partial charge in [-0.2, -0.15) is 18.3 Å². The van der Waals surface area contributed by atoms with Crippen molar-refractivity contribution in [2.24, 2.45) is 16.7 Å². The Kier molecular flexibility index (Phi) is 5.60. The predicted molar refractivity (Wildman–Crippen MR) is 107 cm³/mol. The van der Waals surface area contributed by atoms with Crippen LogP contribution in [0.1, 0.15) is 17.5 Å². The Morgan fingerprint density at radius 1 is 1.10 bits per heavy atom. The van der Waals surface area contributed by atoms with Crippen LogP contribution in [0.5, 0.6) is 0 Å². The number of hydrogen-bond acceptors (Lipinski definition) is 6. The van der Waals surface area contributed by atoms with E-state index in [0.717, 1.165) is 18.2 Å². The van der Waals surface area contributed by atoms with Crippen LogP contribution in [0.15, 0.2) is 65.9 Å². The molecule has 160 valence electrons. The number of fused-ring (bicyclic) bond motifs is 1. The molecule has 2 aromatic carbocycles. The fourth-order valence-corrected chi connectivity index (χ4v) is 3.43. The summed E-state index contributed by atoms with van der Waals surface area (Å²) in [7, 11) is 0. The van der Waals surface area contributed by atoms with Crippen molar-refractivity contribution < 1.29 is 22.9 Å². The molecule has 3 aromatic rings. The van der Waals surface area contributed by atoms with E-state index in [1.165, 1.54) is 42.6 Å². The number of nitro groups is 1. The van der Waals surface area contributed by atoms with E-state index >= 15 is 0 Å². The molecular formula is C20H16F3N5O3. The lowest BCUT2D eigenvalue weighted by Crippen LogP contribution is -2.54. The van der Waals surface area contributed by atoms with Crippen LogP contribution in [-0.2, 0) is 10.2 Å². The second-order valence-electron chi connectivity index (χ2n) is 6.70. The molecule has 0 bridgehead atoms. The van der Waals surface area contributed by atoms with Crippen LogP contribution in [0, 0.1) is 10.1 Å². The van der Waals surface area contributed by atoms with Crippen LogP contribution in [0.3, 0.4) is 0 Å². The minimum atomic E-state index is -5.11. The summed E-state index contributed by atoms with van der Waals surface area (Å²) in [6.07, 6.45) is -4.71. The van der Waals surface area contributed by atoms with Crippen molar-refractivity contribution in [1.29, 1.82) is 0 Å². The van der Waals surface area contributed by atoms with Crippen molar-refractivity contribution in [2.45, 2.75) is 18.0 Å². The van der Waals surface area contributed by atoms with Crippen molar-refractivity contribution in [3.63, 3.8) is 0 Å². The van der Waals surface area contributed by atoms with Gasteiger partial charge < -0.3 is 11.6 Å². The Hall–Kier alpha value is -4.02. The normalized spacial score (nSPS) is 14.2. The largest absolute Gasteiger partial charge is 0.407 e. The maximum Gasteiger partial charge on any atom is 0.407 e. The topological polar surface area (TPSA) is 138 Å². The van der Waals surface area contributed by atoms with Gasteiger partial charge in [-0.25, -0.2) is 0 Å². The third-order valence-electron chi connectivity index (χ3n) is 5.01. The molecule has 31 heavy (non-hydrogen) atoms. The van der Waals surface area contributed by atoms with Gasteiger partial charge in [0.1, 0.15) is 0 Å². The summed E-state index contributed by atoms with van der Waals surface area (Å²) in [5.41, 5.74) is 1.57. The van der Waals surface area contributed by atoms with Crippen LogP contribution in [-0.4, -0.2) is 27.7 Å². The van der Waals surface area contributed by atoms with E-state index in [1.54, 1.807) is 0 Å². The number of nitro benzene ring substituents is 1. The van der Waals surface area contributed by atoms with Crippen molar-refractivity contribution in [2.75, 3.05) is 0 Å². The first kappa shape index (κ1) is 21.7. The molecule has 1 amide bonds. The van der Waals surface area contributed by atoms with Crippen LogP contribution in [0.2, 0.25) is 0 Å². The van der Waals surface area contributed by atoms with Crippen LogP contribution in [0.25, 0.3) is 10.9 Å². The second kappa shape index (κ2) is 8.01. The fraction of sp³-hybridized carbons (Fsp3) is 0.150. The van der Waals surface area contributed by atoms with E-state index in [1.807, 2.05) is 0 Å². The Balaban J connectivity index is 2.22. The molecule has 0 aliphatic rings. The zero-order valence-corrected chi connectivity index (χ0v) is 15.8. The molecule has 1 aromatic heterocycles. The lowest BCUT2D eigenvalue weighted by atomic mass is 9.72. The number of halogens is 3. The minimum absolute atomic E-state index is 0.0846. The molecule has 4 N–H and O–H groups in total. The van der Waals surface area contributed by atoms with E-state index in [0.29, 0.717) is 0 Å². The number of carbonyl (C=O) groups is 1. The second-order valence-corrected chi connectivity index (χ2v) is 6.70. The molecule has 0 aliphatic heterocycles. The van der Waals surface area contributed by atoms with Crippen molar-refractivity contribution >= 4 is 28.2 Å². The van der Waals surface area contributed by atoms with Gasteiger partial charge in [-0.1, -0.05) is 18.2 Å². The first-order valence-electron chi connectivity index (χ1n) is 8.84. The Bertz CT molecular complexity index is 1170. The Morgan fingerprint density at radius 3 is 2.32 bits per heavy atom. The predicted octanol–water partition coefficient (Wildman–Crippen LogP) is 3.18. The quantitative estimate of drug-likeness (QED) is 0.267. The number of aromatic nitrogens is 1. The molecule has 11 heteroatoms. The van der Waals surface area contributed by atoms with Gasteiger partial charge in [-0.05, 0) is 35.4 Å². The van der Waals surface area contributed by atoms with Gasteiger partial charge in [-0.3, -0.25) is 19.9 Å². The summed E-state index contributed by atoms with van der Waals surface area (Å²) >= 11 is 0. The highest BCUT2D eigenvalue weighted by Gasteiger charge is 2.61. The molecule has 1 atom stereocenters. The lowest BCUT2D eigenvalue weighted by Gasteiger charge is -2.34. The number of amides is 1. The number of primary amides is 1. The Morgan fingerprint density at radius 2 is 1.77 bits per heavy atom. The summed E-state index contributed by atoms with van der Waals surface area (Å²) < 4.78 is 43.5. The molecule has 3 rings (SSSR count). The summed E-state index contributed by atoms with van der Waals surface area (Å²) in [5.74, 6) is 3.73. The zero-order valence-electron chi connectivity index (χ0n) is 15.8. The van der Waals surface area contributed by atoms with Crippen LogP contribution >= 0.6 is 0 Å². The third kappa shape index (κ3) is 3.77. The highest BCUT2D eigenvalue weighted by molar-refractivity contribution is 6.06. The maximum absolute atomic E-state index is 14.5. The number of carbonyl (C=O) groups excluding carboxylic acids is 1. The molecule has 1 heterocycles. The maximum atomic E-state index is 14.5. The number of nitrogens with two attached hydrogens (primary N) is 2. The molecule has 0 fully saturated rings. The molecular weight excluding hydrogens is 415 g/mol. The van der Waals surface area contributed by atoms with E-state index in [-0.39, 0.29) is 33.4 Å². The number of hydrogen-bond donors (Lipinski definition) is 2. The molecule has 0 aliphatic carbocycles. The molecule has 0 spiro atoms. The summed E-state index contributed by atoms with van der Waals surface area (Å²) in [6, 6.07) is 11.5. The first-order chi connectivity index (χ1) is 14.6. The fourth-order valence-electron chi connectivity index (χ4n) is 3.43. The van der Waals surface area contributed by atoms with Gasteiger partial charge in [0.2, 0.25) is 5.91 Å². The summed E-state index contributed by atoms with van der Waals surface area (Å²) in [5, 5.41) is 14.4. The number of pyridine rings is 1. The number of rotatable bonds is 6. The average Bonchev–Trinajstić information content (AvgIpc) is 2.73. The van der Waals surface area contributed by atoms with E-state index < -0.39 is 28.8 Å². The van der Waals surface area contributed by atoms with Gasteiger partial charge in [0.15, 0.2) is 5.41 Å². The van der Waals surface area contributed by atoms with Crippen molar-refractivity contribution in [3.05, 3.63) is 82.0 Å². The molecule has 8 nitrogen and oxygen atoms in total. The molecule has 0 saturated carbocycles. The standard InChI is InChI=1S/C20H16F3N5O3/c21-20(22,23)19(18(24)29,15-4-1-5-16-14(15)3-2-10-26-16)11-17(27-25)12-6-8-13(9-7-12)28(30)31/h1-10H,11,25H2,(H2,24,29)/t19-/m1/s1. The van der Waals surface area contributed by atoms with Gasteiger partial charge in [-0.15, -0.1) is 0 Å². The summed E-state index contributed by atoms with van der Waals surface area (Å²) in [4.78, 5) is 26.7. The van der Waals surface area contributed by atoms with E-state index in [4.69, 9.17) is 11.6 Å². The summed E-state index contributed by atoms with van der Waals surface area (Å²) in [6.45, 7) is 0.